The van der Waals surface area contributed by atoms with Crippen LogP contribution in [0.3, 0.4) is 0 Å². The van der Waals surface area contributed by atoms with Crippen LogP contribution in [0, 0.1) is 16.0 Å². The number of benzene rings is 2. The summed E-state index contributed by atoms with van der Waals surface area (Å²) in [5.74, 6) is 1.13. The summed E-state index contributed by atoms with van der Waals surface area (Å²) >= 11 is 0. The SMILES string of the molecule is COc1cc(-c2noc([C@@H](NC(=O)c3cccc([N+](=O)[O-])c3)C(C)C)n2)cc(OC)c1OC. The van der Waals surface area contributed by atoms with E-state index in [2.05, 4.69) is 15.5 Å². The Morgan fingerprint density at radius 1 is 1.09 bits per heavy atom. The second kappa shape index (κ2) is 9.98. The highest BCUT2D eigenvalue weighted by Crippen LogP contribution is 2.40. The van der Waals surface area contributed by atoms with Gasteiger partial charge in [0, 0.05) is 23.3 Å². The molecule has 1 amide bonds. The Bertz CT molecular complexity index is 1130. The molecule has 0 aliphatic heterocycles. The Kier molecular flexibility index (Phi) is 7.11. The number of nitro groups is 1. The Hall–Kier alpha value is -4.15. The molecule has 11 nitrogen and oxygen atoms in total. The average molecular weight is 456 g/mol. The highest BCUT2D eigenvalue weighted by molar-refractivity contribution is 5.95. The van der Waals surface area contributed by atoms with Gasteiger partial charge in [-0.25, -0.2) is 0 Å². The minimum absolute atomic E-state index is 0.110. The Morgan fingerprint density at radius 2 is 1.76 bits per heavy atom. The fraction of sp³-hybridized carbons (Fsp3) is 0.318. The smallest absolute Gasteiger partial charge is 0.270 e. The van der Waals surface area contributed by atoms with E-state index in [1.807, 2.05) is 13.8 Å². The lowest BCUT2D eigenvalue weighted by atomic mass is 10.0. The summed E-state index contributed by atoms with van der Waals surface area (Å²) < 4.78 is 21.5. The normalized spacial score (nSPS) is 11.7. The summed E-state index contributed by atoms with van der Waals surface area (Å²) in [5.41, 5.74) is 0.539. The number of hydrogen-bond donors (Lipinski definition) is 1. The van der Waals surface area contributed by atoms with Gasteiger partial charge in [-0.05, 0) is 24.1 Å². The molecule has 0 aliphatic rings. The van der Waals surface area contributed by atoms with Gasteiger partial charge in [-0.15, -0.1) is 0 Å². The van der Waals surface area contributed by atoms with E-state index in [1.54, 1.807) is 12.1 Å². The third-order valence-electron chi connectivity index (χ3n) is 4.90. The standard InChI is InChI=1S/C22H24N4O7/c1-12(2)18(23-21(27)13-7-6-8-15(9-13)26(28)29)22-24-20(25-33-22)14-10-16(30-3)19(32-5)17(11-14)31-4/h6-12,18H,1-5H3,(H,23,27)/t18-/m0/s1. The molecule has 1 atom stereocenters. The fourth-order valence-electron chi connectivity index (χ4n) is 3.19. The molecule has 0 fully saturated rings. The number of rotatable bonds is 9. The molecule has 0 saturated carbocycles. The summed E-state index contributed by atoms with van der Waals surface area (Å²) in [6.45, 7) is 3.75. The van der Waals surface area contributed by atoms with Gasteiger partial charge in [-0.1, -0.05) is 25.1 Å². The molecule has 1 aromatic heterocycles. The van der Waals surface area contributed by atoms with E-state index in [0.29, 0.717) is 22.8 Å². The van der Waals surface area contributed by atoms with Crippen LogP contribution in [0.4, 0.5) is 5.69 Å². The van der Waals surface area contributed by atoms with Gasteiger partial charge >= 0.3 is 0 Å². The van der Waals surface area contributed by atoms with Crippen LogP contribution in [0.1, 0.15) is 36.1 Å². The van der Waals surface area contributed by atoms with Crippen molar-refractivity contribution >= 4 is 11.6 Å². The quantitative estimate of drug-likeness (QED) is 0.376. The number of methoxy groups -OCH3 is 3. The summed E-state index contributed by atoms with van der Waals surface area (Å²) in [6, 6.07) is 8.21. The molecule has 11 heteroatoms. The van der Waals surface area contributed by atoms with Gasteiger partial charge < -0.3 is 24.1 Å². The second-order valence-electron chi connectivity index (χ2n) is 7.37. The largest absolute Gasteiger partial charge is 0.493 e. The zero-order valence-electron chi connectivity index (χ0n) is 18.8. The molecule has 174 valence electrons. The molecule has 3 rings (SSSR count). The number of ether oxygens (including phenoxy) is 3. The van der Waals surface area contributed by atoms with Gasteiger partial charge in [0.15, 0.2) is 11.5 Å². The summed E-state index contributed by atoms with van der Waals surface area (Å²) in [7, 11) is 4.51. The lowest BCUT2D eigenvalue weighted by Crippen LogP contribution is -2.32. The predicted molar refractivity (Wildman–Crippen MR) is 118 cm³/mol. The van der Waals surface area contributed by atoms with Crippen molar-refractivity contribution < 1.29 is 28.5 Å². The van der Waals surface area contributed by atoms with Crippen molar-refractivity contribution in [3.8, 4) is 28.6 Å². The van der Waals surface area contributed by atoms with Crippen molar-refractivity contribution in [2.45, 2.75) is 19.9 Å². The highest BCUT2D eigenvalue weighted by Gasteiger charge is 2.26. The van der Waals surface area contributed by atoms with Crippen LogP contribution in [-0.4, -0.2) is 42.3 Å². The lowest BCUT2D eigenvalue weighted by Gasteiger charge is -2.18. The van der Waals surface area contributed by atoms with E-state index in [1.165, 1.54) is 45.6 Å². The number of nitrogens with zero attached hydrogens (tertiary/aromatic N) is 3. The first-order valence-corrected chi connectivity index (χ1v) is 9.98. The minimum atomic E-state index is -0.625. The monoisotopic (exact) mass is 456 g/mol. The number of non-ortho nitro benzene ring substituents is 1. The van der Waals surface area contributed by atoms with Gasteiger partial charge in [-0.2, -0.15) is 4.98 Å². The predicted octanol–water partition coefficient (Wildman–Crippen LogP) is 3.80. The van der Waals surface area contributed by atoms with E-state index < -0.39 is 16.9 Å². The number of amides is 1. The first kappa shape index (κ1) is 23.5. The van der Waals surface area contributed by atoms with Crippen LogP contribution in [0.5, 0.6) is 17.2 Å². The molecule has 0 saturated heterocycles. The molecule has 33 heavy (non-hydrogen) atoms. The van der Waals surface area contributed by atoms with Crippen molar-refractivity contribution in [1.29, 1.82) is 0 Å². The summed E-state index contributed by atoms with van der Waals surface area (Å²) in [4.78, 5) is 27.7. The third-order valence-corrected chi connectivity index (χ3v) is 4.90. The Labute approximate surface area is 189 Å². The van der Waals surface area contributed by atoms with Crippen molar-refractivity contribution in [2.75, 3.05) is 21.3 Å². The number of carbonyl (C=O) groups excluding carboxylic acids is 1. The molecule has 0 bridgehead atoms. The number of nitro benzene ring substituents is 1. The fourth-order valence-corrected chi connectivity index (χ4v) is 3.19. The number of aromatic nitrogens is 2. The zero-order chi connectivity index (χ0) is 24.1. The van der Waals surface area contributed by atoms with Crippen LogP contribution >= 0.6 is 0 Å². The van der Waals surface area contributed by atoms with Crippen LogP contribution in [0.25, 0.3) is 11.4 Å². The highest BCUT2D eigenvalue weighted by atomic mass is 16.6. The molecular formula is C22H24N4O7. The first-order chi connectivity index (χ1) is 15.8. The van der Waals surface area contributed by atoms with Crippen molar-refractivity contribution in [2.24, 2.45) is 5.92 Å². The molecule has 0 radical (unpaired) electrons. The Balaban J connectivity index is 1.90. The lowest BCUT2D eigenvalue weighted by molar-refractivity contribution is -0.384. The molecule has 0 spiro atoms. The van der Waals surface area contributed by atoms with Crippen molar-refractivity contribution in [1.82, 2.24) is 15.5 Å². The maximum absolute atomic E-state index is 12.8. The molecule has 0 unspecified atom stereocenters. The van der Waals surface area contributed by atoms with E-state index in [0.717, 1.165) is 0 Å². The van der Waals surface area contributed by atoms with Gasteiger partial charge in [0.25, 0.3) is 11.6 Å². The first-order valence-electron chi connectivity index (χ1n) is 9.98. The molecular weight excluding hydrogens is 432 g/mol. The van der Waals surface area contributed by atoms with Gasteiger partial charge in [-0.3, -0.25) is 14.9 Å². The minimum Gasteiger partial charge on any atom is -0.493 e. The van der Waals surface area contributed by atoms with E-state index in [9.17, 15) is 14.9 Å². The zero-order valence-corrected chi connectivity index (χ0v) is 18.8. The molecule has 1 N–H and O–H groups in total. The molecule has 2 aromatic carbocycles. The van der Waals surface area contributed by atoms with Gasteiger partial charge in [0.05, 0.1) is 26.3 Å². The molecule has 1 heterocycles. The van der Waals surface area contributed by atoms with Gasteiger partial charge in [0.2, 0.25) is 17.5 Å². The van der Waals surface area contributed by atoms with E-state index in [4.69, 9.17) is 18.7 Å². The van der Waals surface area contributed by atoms with Crippen molar-refractivity contribution in [3.05, 3.63) is 58.0 Å². The third kappa shape index (κ3) is 5.03. The second-order valence-corrected chi connectivity index (χ2v) is 7.37. The van der Waals surface area contributed by atoms with Crippen LogP contribution in [0.2, 0.25) is 0 Å². The number of nitrogens with one attached hydrogen (secondary N) is 1. The average Bonchev–Trinajstić information content (AvgIpc) is 3.30. The number of carbonyl (C=O) groups is 1. The number of hydrogen-bond acceptors (Lipinski definition) is 9. The van der Waals surface area contributed by atoms with Crippen LogP contribution in [-0.2, 0) is 0 Å². The van der Waals surface area contributed by atoms with Crippen LogP contribution in [0.15, 0.2) is 40.9 Å². The molecule has 0 aliphatic carbocycles. The van der Waals surface area contributed by atoms with Crippen molar-refractivity contribution in [3.63, 3.8) is 0 Å². The van der Waals surface area contributed by atoms with E-state index >= 15 is 0 Å². The summed E-state index contributed by atoms with van der Waals surface area (Å²) in [5, 5.41) is 17.9. The van der Waals surface area contributed by atoms with E-state index in [-0.39, 0.29) is 28.9 Å². The Morgan fingerprint density at radius 3 is 2.30 bits per heavy atom. The topological polar surface area (TPSA) is 139 Å². The van der Waals surface area contributed by atoms with Crippen LogP contribution < -0.4 is 19.5 Å². The molecule has 3 aromatic rings. The maximum Gasteiger partial charge on any atom is 0.270 e. The van der Waals surface area contributed by atoms with Gasteiger partial charge in [0.1, 0.15) is 6.04 Å². The maximum atomic E-state index is 12.8. The summed E-state index contributed by atoms with van der Waals surface area (Å²) in [6.07, 6.45) is 0.